The number of fused-ring (bicyclic) bond motifs is 1. The normalized spacial score (nSPS) is 18.2. The zero-order valence-electron chi connectivity index (χ0n) is 29.0. The Morgan fingerprint density at radius 2 is 1.71 bits per heavy atom. The van der Waals surface area contributed by atoms with E-state index in [9.17, 15) is 34.2 Å². The van der Waals surface area contributed by atoms with Crippen LogP contribution in [0.1, 0.15) is 72.5 Å². The van der Waals surface area contributed by atoms with Gasteiger partial charge in [-0.3, -0.25) is 29.4 Å². The van der Waals surface area contributed by atoms with E-state index in [-0.39, 0.29) is 66.9 Å². The quantitative estimate of drug-likeness (QED) is 0.162. The molecule has 0 aliphatic carbocycles. The molecular weight excluding hydrogens is 666 g/mol. The van der Waals surface area contributed by atoms with Gasteiger partial charge in [-0.1, -0.05) is 32.0 Å². The Balaban J connectivity index is 0.936. The highest BCUT2D eigenvalue weighted by Gasteiger charge is 2.40. The highest BCUT2D eigenvalue weighted by Crippen LogP contribution is 2.37. The molecule has 1 unspecified atom stereocenters. The molecule has 3 aliphatic rings. The summed E-state index contributed by atoms with van der Waals surface area (Å²) in [7, 11) is 0. The van der Waals surface area contributed by atoms with Gasteiger partial charge in [0.1, 0.15) is 17.5 Å². The number of nitrogens with one attached hydrogen (secondary N) is 3. The van der Waals surface area contributed by atoms with Crippen LogP contribution in [0.25, 0.3) is 17.1 Å². The van der Waals surface area contributed by atoms with E-state index in [2.05, 4.69) is 25.7 Å². The van der Waals surface area contributed by atoms with Crippen LogP contribution in [-0.2, 0) is 27.3 Å². The lowest BCUT2D eigenvalue weighted by atomic mass is 9.90. The van der Waals surface area contributed by atoms with Crippen molar-refractivity contribution in [1.82, 2.24) is 29.9 Å². The summed E-state index contributed by atoms with van der Waals surface area (Å²) >= 11 is 0. The van der Waals surface area contributed by atoms with Crippen molar-refractivity contribution < 1.29 is 29.4 Å². The summed E-state index contributed by atoms with van der Waals surface area (Å²) < 4.78 is 1.40. The Bertz CT molecular complexity index is 2110. The number of anilines is 1. The van der Waals surface area contributed by atoms with E-state index in [0.717, 1.165) is 37.9 Å². The molecule has 0 saturated carbocycles. The van der Waals surface area contributed by atoms with Crippen LogP contribution in [-0.4, -0.2) is 84.1 Å². The van der Waals surface area contributed by atoms with E-state index in [1.165, 1.54) is 15.5 Å². The van der Waals surface area contributed by atoms with Crippen LogP contribution in [0.5, 0.6) is 11.5 Å². The van der Waals surface area contributed by atoms with Gasteiger partial charge in [0.25, 0.3) is 5.91 Å². The number of hydrogen-bond acceptors (Lipinski definition) is 9. The molecule has 5 N–H and O–H groups in total. The summed E-state index contributed by atoms with van der Waals surface area (Å²) in [5.74, 6) is -0.822. The molecule has 14 nitrogen and oxygen atoms in total. The zero-order chi connectivity index (χ0) is 36.7. The molecule has 1 atom stereocenters. The number of carbonyl (C=O) groups excluding carboxylic acids is 4. The highest BCUT2D eigenvalue weighted by atomic mass is 16.3. The Morgan fingerprint density at radius 1 is 0.962 bits per heavy atom. The number of rotatable bonds is 9. The third-order valence-electron chi connectivity index (χ3n) is 10.3. The summed E-state index contributed by atoms with van der Waals surface area (Å²) in [6, 6.07) is 15.1. The zero-order valence-corrected chi connectivity index (χ0v) is 29.0. The second-order valence-corrected chi connectivity index (χ2v) is 14.1. The van der Waals surface area contributed by atoms with Crippen LogP contribution in [0.15, 0.2) is 59.4 Å². The maximum absolute atomic E-state index is 13.1. The van der Waals surface area contributed by atoms with Crippen molar-refractivity contribution in [1.29, 1.82) is 0 Å². The van der Waals surface area contributed by atoms with Crippen molar-refractivity contribution in [2.45, 2.75) is 64.5 Å². The predicted molar refractivity (Wildman–Crippen MR) is 191 cm³/mol. The minimum atomic E-state index is -0.723. The first kappa shape index (κ1) is 34.7. The molecule has 4 amide bonds. The van der Waals surface area contributed by atoms with Crippen LogP contribution < -0.4 is 16.3 Å². The van der Waals surface area contributed by atoms with Gasteiger partial charge in [-0.15, -0.1) is 0 Å². The maximum Gasteiger partial charge on any atom is 0.348 e. The van der Waals surface area contributed by atoms with Gasteiger partial charge in [0.15, 0.2) is 5.82 Å². The van der Waals surface area contributed by atoms with Crippen LogP contribution in [0.3, 0.4) is 0 Å². The second-order valence-electron chi connectivity index (χ2n) is 14.1. The summed E-state index contributed by atoms with van der Waals surface area (Å²) in [5.41, 5.74) is 3.90. The van der Waals surface area contributed by atoms with Crippen molar-refractivity contribution in [3.63, 3.8) is 0 Å². The third kappa shape index (κ3) is 6.81. The molecule has 52 heavy (non-hydrogen) atoms. The Kier molecular flexibility index (Phi) is 9.40. The minimum absolute atomic E-state index is 0.00777. The van der Waals surface area contributed by atoms with E-state index >= 15 is 0 Å². The van der Waals surface area contributed by atoms with Crippen LogP contribution in [0, 0.1) is 5.92 Å². The van der Waals surface area contributed by atoms with Gasteiger partial charge < -0.3 is 20.4 Å². The fraction of sp³-hybridized carbons (Fsp3) is 0.368. The number of aromatic amines is 1. The number of hydrogen-bond donors (Lipinski definition) is 5. The number of phenolic OH excluding ortho intramolecular Hbond substituents is 2. The van der Waals surface area contributed by atoms with Crippen LogP contribution in [0.4, 0.5) is 5.69 Å². The number of benzene rings is 3. The third-order valence-corrected chi connectivity index (χ3v) is 10.3. The fourth-order valence-electron chi connectivity index (χ4n) is 7.51. The van der Waals surface area contributed by atoms with Crippen molar-refractivity contribution >= 4 is 29.3 Å². The first-order chi connectivity index (χ1) is 25.0. The standard InChI is InChI=1S/C38H41N7O7/c1-21(2)26-17-27(32(47)18-31(26)46)35-41-42-38(52)45(35)24-8-6-22(7-9-24)16-23-12-14-43(15-13-23)20-34(49)39-29-5-3-4-25-28(29)19-44(37(25)51)30-10-11-33(48)40-36(30)50/h3-9,17-18,21,23,30,46-47H,10-16,19-20H2,1-2H3,(H,39,49)(H,42,52)(H,40,48,50). The smallest absolute Gasteiger partial charge is 0.348 e. The molecule has 0 radical (unpaired) electrons. The van der Waals surface area contributed by atoms with Gasteiger partial charge in [-0.25, -0.2) is 14.5 Å². The highest BCUT2D eigenvalue weighted by molar-refractivity contribution is 6.07. The van der Waals surface area contributed by atoms with Gasteiger partial charge in [0.2, 0.25) is 17.7 Å². The average Bonchev–Trinajstić information content (AvgIpc) is 3.65. The van der Waals surface area contributed by atoms with E-state index in [1.54, 1.807) is 24.3 Å². The Morgan fingerprint density at radius 3 is 2.42 bits per heavy atom. The summed E-state index contributed by atoms with van der Waals surface area (Å²) in [5, 5.41) is 32.8. The Labute approximate surface area is 299 Å². The summed E-state index contributed by atoms with van der Waals surface area (Å²) in [6.45, 7) is 5.77. The molecule has 7 rings (SSSR count). The molecule has 1 aromatic heterocycles. The molecule has 3 aliphatic heterocycles. The first-order valence-corrected chi connectivity index (χ1v) is 17.6. The van der Waals surface area contributed by atoms with Gasteiger partial charge >= 0.3 is 5.69 Å². The van der Waals surface area contributed by atoms with Gasteiger partial charge in [-0.2, -0.15) is 5.10 Å². The number of aromatic hydroxyl groups is 2. The molecule has 0 bridgehead atoms. The lowest BCUT2D eigenvalue weighted by molar-refractivity contribution is -0.137. The van der Waals surface area contributed by atoms with E-state index in [4.69, 9.17) is 0 Å². The molecular formula is C38H41N7O7. The summed E-state index contributed by atoms with van der Waals surface area (Å²) in [4.78, 5) is 66.7. The molecule has 2 fully saturated rings. The van der Waals surface area contributed by atoms with Crippen molar-refractivity contribution in [2.24, 2.45) is 5.92 Å². The lowest BCUT2D eigenvalue weighted by Gasteiger charge is -2.31. The van der Waals surface area contributed by atoms with Gasteiger partial charge in [-0.05, 0) is 92.1 Å². The van der Waals surface area contributed by atoms with Crippen molar-refractivity contribution in [3.05, 3.63) is 87.3 Å². The second kappa shape index (κ2) is 14.1. The number of piperidine rings is 2. The molecule has 270 valence electrons. The van der Waals surface area contributed by atoms with E-state index < -0.39 is 17.6 Å². The molecule has 2 saturated heterocycles. The average molecular weight is 708 g/mol. The number of nitrogens with zero attached hydrogens (tertiary/aromatic N) is 4. The minimum Gasteiger partial charge on any atom is -0.508 e. The number of H-pyrrole nitrogens is 1. The number of aromatic nitrogens is 3. The molecule has 3 aromatic carbocycles. The maximum atomic E-state index is 13.1. The van der Waals surface area contributed by atoms with Gasteiger partial charge in [0.05, 0.1) is 17.8 Å². The fourth-order valence-corrected chi connectivity index (χ4v) is 7.51. The molecule has 14 heteroatoms. The Hall–Kier alpha value is -5.76. The van der Waals surface area contributed by atoms with Gasteiger partial charge in [0, 0.05) is 35.8 Å². The van der Waals surface area contributed by atoms with Crippen molar-refractivity contribution in [2.75, 3.05) is 25.0 Å². The van der Waals surface area contributed by atoms with Crippen molar-refractivity contribution in [3.8, 4) is 28.6 Å². The lowest BCUT2D eigenvalue weighted by Crippen LogP contribution is -2.52. The first-order valence-electron chi connectivity index (χ1n) is 17.6. The number of amides is 4. The number of phenols is 2. The monoisotopic (exact) mass is 707 g/mol. The number of imide groups is 1. The van der Waals surface area contributed by atoms with E-state index in [0.29, 0.717) is 39.5 Å². The number of carbonyl (C=O) groups is 4. The SMILES string of the molecule is CC(C)c1cc(-c2n[nH]c(=O)n2-c2ccc(CC3CCN(CC(=O)Nc4cccc5c4CN(C4CCC(=O)NC4=O)C5=O)CC3)cc2)c(O)cc1O. The van der Waals surface area contributed by atoms with E-state index in [1.807, 2.05) is 38.1 Å². The summed E-state index contributed by atoms with van der Waals surface area (Å²) in [6.07, 6.45) is 3.11. The van der Waals surface area contributed by atoms with Crippen LogP contribution in [0.2, 0.25) is 0 Å². The van der Waals surface area contributed by atoms with Crippen LogP contribution >= 0.6 is 0 Å². The predicted octanol–water partition coefficient (Wildman–Crippen LogP) is 3.42. The molecule has 0 spiro atoms. The molecule has 4 heterocycles. The molecule has 4 aromatic rings. The topological polar surface area (TPSA) is 190 Å². The number of likely N-dealkylation sites (tertiary alicyclic amines) is 1. The largest absolute Gasteiger partial charge is 0.508 e.